The second kappa shape index (κ2) is 6.11. The lowest BCUT2D eigenvalue weighted by atomic mass is 10.1. The predicted octanol–water partition coefficient (Wildman–Crippen LogP) is 3.30. The molecule has 100 valence electrons. The number of nitrogens with zero attached hydrogens (tertiary/aromatic N) is 4. The molecule has 1 aromatic rings. The molecule has 6 nitrogen and oxygen atoms in total. The first-order valence-corrected chi connectivity index (χ1v) is 6.36. The molecule has 6 heteroatoms. The number of rotatable bonds is 2. The van der Waals surface area contributed by atoms with Crippen LogP contribution in [0.2, 0.25) is 0 Å². The van der Waals surface area contributed by atoms with Gasteiger partial charge in [0.25, 0.3) is 0 Å². The molecule has 0 bridgehead atoms. The van der Waals surface area contributed by atoms with Gasteiger partial charge in [-0.1, -0.05) is 17.2 Å². The van der Waals surface area contributed by atoms with Crippen molar-refractivity contribution in [2.75, 3.05) is 18.4 Å². The van der Waals surface area contributed by atoms with Crippen molar-refractivity contribution in [3.8, 4) is 0 Å². The van der Waals surface area contributed by atoms with Gasteiger partial charge in [-0.25, -0.2) is 4.79 Å². The number of piperidine rings is 1. The van der Waals surface area contributed by atoms with Crippen molar-refractivity contribution in [1.82, 2.24) is 4.90 Å². The highest BCUT2D eigenvalue weighted by Crippen LogP contribution is 2.16. The van der Waals surface area contributed by atoms with E-state index in [1.54, 1.807) is 4.90 Å². The van der Waals surface area contributed by atoms with Gasteiger partial charge in [-0.15, -0.1) is 0 Å². The van der Waals surface area contributed by atoms with E-state index in [-0.39, 0.29) is 12.1 Å². The van der Waals surface area contributed by atoms with Crippen LogP contribution in [0, 0.1) is 6.92 Å². The Morgan fingerprint density at radius 3 is 2.84 bits per heavy atom. The molecule has 0 radical (unpaired) electrons. The van der Waals surface area contributed by atoms with Crippen LogP contribution < -0.4 is 5.32 Å². The van der Waals surface area contributed by atoms with Crippen LogP contribution in [0.15, 0.2) is 29.4 Å². The minimum absolute atomic E-state index is 0.0213. The fourth-order valence-electron chi connectivity index (χ4n) is 2.18. The Morgan fingerprint density at radius 2 is 2.21 bits per heavy atom. The largest absolute Gasteiger partial charge is 0.325 e. The van der Waals surface area contributed by atoms with Gasteiger partial charge >= 0.3 is 6.03 Å². The Balaban J connectivity index is 1.89. The Morgan fingerprint density at radius 1 is 1.47 bits per heavy atom. The third kappa shape index (κ3) is 3.63. The lowest BCUT2D eigenvalue weighted by Crippen LogP contribution is -2.41. The average Bonchev–Trinajstić information content (AvgIpc) is 2.40. The lowest BCUT2D eigenvalue weighted by Gasteiger charge is -2.30. The number of carbonyl (C=O) groups is 1. The standard InChI is InChI=1S/C13H17N5O/c1-10-3-2-4-12(9-10)15-13(19)18-7-5-11(6-8-18)16-17-14/h2-4,9,11H,5-8H2,1H3,(H,15,19). The summed E-state index contributed by atoms with van der Waals surface area (Å²) in [6.45, 7) is 3.24. The van der Waals surface area contributed by atoms with Crippen molar-refractivity contribution < 1.29 is 4.79 Å². The third-order valence-electron chi connectivity index (χ3n) is 3.24. The van der Waals surface area contributed by atoms with Gasteiger partial charge in [0.15, 0.2) is 0 Å². The van der Waals surface area contributed by atoms with Gasteiger partial charge in [0, 0.05) is 29.7 Å². The summed E-state index contributed by atoms with van der Waals surface area (Å²) in [6.07, 6.45) is 1.45. The normalized spacial score (nSPS) is 15.7. The summed E-state index contributed by atoms with van der Waals surface area (Å²) in [6, 6.07) is 7.64. The van der Waals surface area contributed by atoms with Gasteiger partial charge in [-0.3, -0.25) is 0 Å². The van der Waals surface area contributed by atoms with Gasteiger partial charge in [0.2, 0.25) is 0 Å². The number of anilines is 1. The molecule has 0 aliphatic carbocycles. The Hall–Kier alpha value is -2.20. The zero-order chi connectivity index (χ0) is 13.7. The molecule has 1 fully saturated rings. The number of hydrogen-bond donors (Lipinski definition) is 1. The molecular formula is C13H17N5O. The molecule has 2 amide bonds. The maximum absolute atomic E-state index is 12.1. The Kier molecular flexibility index (Phi) is 4.26. The number of amides is 2. The number of hydrogen-bond acceptors (Lipinski definition) is 2. The molecule has 0 unspecified atom stereocenters. The van der Waals surface area contributed by atoms with Gasteiger partial charge in [0.05, 0.1) is 0 Å². The predicted molar refractivity (Wildman–Crippen MR) is 73.9 cm³/mol. The summed E-state index contributed by atoms with van der Waals surface area (Å²) >= 11 is 0. The number of likely N-dealkylation sites (tertiary alicyclic amines) is 1. The van der Waals surface area contributed by atoms with Gasteiger partial charge < -0.3 is 10.2 Å². The number of aryl methyl sites for hydroxylation is 1. The monoisotopic (exact) mass is 259 g/mol. The molecule has 0 spiro atoms. The molecule has 0 saturated carbocycles. The summed E-state index contributed by atoms with van der Waals surface area (Å²) < 4.78 is 0. The number of azide groups is 1. The van der Waals surface area contributed by atoms with Crippen LogP contribution in [0.4, 0.5) is 10.5 Å². The maximum Gasteiger partial charge on any atom is 0.321 e. The van der Waals surface area contributed by atoms with E-state index < -0.39 is 0 Å². The maximum atomic E-state index is 12.1. The molecule has 1 aromatic carbocycles. The quantitative estimate of drug-likeness (QED) is 0.493. The molecular weight excluding hydrogens is 242 g/mol. The molecule has 19 heavy (non-hydrogen) atoms. The van der Waals surface area contributed by atoms with E-state index in [2.05, 4.69) is 15.3 Å². The third-order valence-corrected chi connectivity index (χ3v) is 3.24. The fraction of sp³-hybridized carbons (Fsp3) is 0.462. The SMILES string of the molecule is Cc1cccc(NC(=O)N2CCC(N=[N+]=[N-])CC2)c1. The Labute approximate surface area is 112 Å². The van der Waals surface area contributed by atoms with Gasteiger partial charge in [-0.2, -0.15) is 0 Å². The molecule has 1 N–H and O–H groups in total. The fourth-order valence-corrected chi connectivity index (χ4v) is 2.18. The first-order chi connectivity index (χ1) is 9.19. The molecule has 1 aliphatic rings. The molecule has 1 heterocycles. The molecule has 0 atom stereocenters. The number of urea groups is 1. The van der Waals surface area contributed by atoms with Crippen molar-refractivity contribution in [2.45, 2.75) is 25.8 Å². The first-order valence-electron chi connectivity index (χ1n) is 6.36. The Bertz CT molecular complexity index is 502. The summed E-state index contributed by atoms with van der Waals surface area (Å²) in [7, 11) is 0. The van der Waals surface area contributed by atoms with Crippen molar-refractivity contribution in [3.05, 3.63) is 40.3 Å². The average molecular weight is 259 g/mol. The molecule has 0 aromatic heterocycles. The second-order valence-corrected chi connectivity index (χ2v) is 4.72. The van der Waals surface area contributed by atoms with Crippen LogP contribution in [0.3, 0.4) is 0 Å². The van der Waals surface area contributed by atoms with Crippen LogP contribution in [0.1, 0.15) is 18.4 Å². The first kappa shape index (κ1) is 13.2. The van der Waals surface area contributed by atoms with E-state index >= 15 is 0 Å². The smallest absolute Gasteiger partial charge is 0.321 e. The second-order valence-electron chi connectivity index (χ2n) is 4.72. The summed E-state index contributed by atoms with van der Waals surface area (Å²) in [5.74, 6) is 0. The van der Waals surface area contributed by atoms with E-state index in [1.807, 2.05) is 31.2 Å². The van der Waals surface area contributed by atoms with Crippen LogP contribution in [-0.2, 0) is 0 Å². The van der Waals surface area contributed by atoms with Crippen molar-refractivity contribution in [2.24, 2.45) is 5.11 Å². The van der Waals surface area contributed by atoms with E-state index in [0.717, 1.165) is 24.1 Å². The minimum atomic E-state index is -0.0926. The molecule has 2 rings (SSSR count). The summed E-state index contributed by atoms with van der Waals surface area (Å²) in [5.41, 5.74) is 10.3. The van der Waals surface area contributed by atoms with E-state index in [0.29, 0.717) is 13.1 Å². The zero-order valence-electron chi connectivity index (χ0n) is 10.9. The van der Waals surface area contributed by atoms with Crippen LogP contribution in [-0.4, -0.2) is 30.1 Å². The van der Waals surface area contributed by atoms with E-state index in [4.69, 9.17) is 5.53 Å². The van der Waals surface area contributed by atoms with Crippen LogP contribution in [0.5, 0.6) is 0 Å². The summed E-state index contributed by atoms with van der Waals surface area (Å²) in [5, 5.41) is 6.58. The topological polar surface area (TPSA) is 81.1 Å². The lowest BCUT2D eigenvalue weighted by molar-refractivity contribution is 0.195. The van der Waals surface area contributed by atoms with E-state index in [1.165, 1.54) is 0 Å². The number of carbonyl (C=O) groups excluding carboxylic acids is 1. The summed E-state index contributed by atoms with van der Waals surface area (Å²) in [4.78, 5) is 16.6. The number of benzene rings is 1. The van der Waals surface area contributed by atoms with Crippen molar-refractivity contribution >= 4 is 11.7 Å². The molecule has 1 saturated heterocycles. The minimum Gasteiger partial charge on any atom is -0.325 e. The van der Waals surface area contributed by atoms with Crippen molar-refractivity contribution in [1.29, 1.82) is 0 Å². The highest BCUT2D eigenvalue weighted by atomic mass is 16.2. The van der Waals surface area contributed by atoms with Crippen LogP contribution in [0.25, 0.3) is 10.4 Å². The highest BCUT2D eigenvalue weighted by Gasteiger charge is 2.21. The highest BCUT2D eigenvalue weighted by molar-refractivity contribution is 5.89. The molecule has 1 aliphatic heterocycles. The van der Waals surface area contributed by atoms with Gasteiger partial charge in [-0.05, 0) is 43.0 Å². The van der Waals surface area contributed by atoms with Crippen LogP contribution >= 0.6 is 0 Å². The van der Waals surface area contributed by atoms with Gasteiger partial charge in [0.1, 0.15) is 0 Å². The van der Waals surface area contributed by atoms with E-state index in [9.17, 15) is 4.79 Å². The number of nitrogens with one attached hydrogen (secondary N) is 1. The van der Waals surface area contributed by atoms with Crippen molar-refractivity contribution in [3.63, 3.8) is 0 Å². The zero-order valence-corrected chi connectivity index (χ0v) is 10.9.